The summed E-state index contributed by atoms with van der Waals surface area (Å²) in [5.41, 5.74) is 8.69. The van der Waals surface area contributed by atoms with Gasteiger partial charge < -0.3 is 5.73 Å². The van der Waals surface area contributed by atoms with Gasteiger partial charge in [-0.25, -0.2) is 0 Å². The Morgan fingerprint density at radius 3 is 2.44 bits per heavy atom. The average Bonchev–Trinajstić information content (AvgIpc) is 2.40. The van der Waals surface area contributed by atoms with E-state index in [4.69, 9.17) is 12.2 Å². The van der Waals surface area contributed by atoms with Crippen LogP contribution in [0.1, 0.15) is 15.9 Å². The van der Waals surface area contributed by atoms with Crippen molar-refractivity contribution in [2.24, 2.45) is 5.73 Å². The molecule has 0 unspecified atom stereocenters. The normalized spacial score (nSPS) is 9.72. The first-order valence-corrected chi connectivity index (χ1v) is 5.64. The van der Waals surface area contributed by atoms with Crippen LogP contribution in [0, 0.1) is 12.3 Å². The zero-order valence-electron chi connectivity index (χ0n) is 9.89. The Kier molecular flexibility index (Phi) is 3.45. The van der Waals surface area contributed by atoms with Gasteiger partial charge in [0.2, 0.25) is 5.91 Å². The van der Waals surface area contributed by atoms with Gasteiger partial charge in [-0.15, -0.1) is 12.3 Å². The second-order valence-corrected chi connectivity index (χ2v) is 3.94. The van der Waals surface area contributed by atoms with E-state index in [0.717, 1.165) is 16.7 Å². The van der Waals surface area contributed by atoms with E-state index >= 15 is 0 Å². The summed E-state index contributed by atoms with van der Waals surface area (Å²) in [5.74, 6) is 2.14. The molecule has 0 saturated heterocycles. The van der Waals surface area contributed by atoms with Crippen LogP contribution in [0.25, 0.3) is 11.1 Å². The zero-order valence-corrected chi connectivity index (χ0v) is 9.89. The van der Waals surface area contributed by atoms with Gasteiger partial charge in [-0.3, -0.25) is 4.79 Å². The molecule has 2 N–H and O–H groups in total. The maximum atomic E-state index is 11.4. The molecule has 0 aliphatic heterocycles. The molecule has 88 valence electrons. The highest BCUT2D eigenvalue weighted by Gasteiger charge is 2.12. The van der Waals surface area contributed by atoms with Crippen LogP contribution in [0.3, 0.4) is 0 Å². The topological polar surface area (TPSA) is 43.1 Å². The van der Waals surface area contributed by atoms with E-state index in [-0.39, 0.29) is 0 Å². The molecule has 0 aliphatic rings. The van der Waals surface area contributed by atoms with E-state index < -0.39 is 5.91 Å². The first kappa shape index (κ1) is 11.9. The molecule has 18 heavy (non-hydrogen) atoms. The first-order valence-electron chi connectivity index (χ1n) is 5.64. The highest BCUT2D eigenvalue weighted by molar-refractivity contribution is 5.96. The average molecular weight is 235 g/mol. The molecule has 0 fully saturated rings. The van der Waals surface area contributed by atoms with Crippen molar-refractivity contribution in [2.45, 2.75) is 6.42 Å². The monoisotopic (exact) mass is 235 g/mol. The molecule has 0 saturated carbocycles. The molecule has 2 aromatic carbocycles. The predicted molar refractivity (Wildman–Crippen MR) is 72.9 cm³/mol. The fourth-order valence-corrected chi connectivity index (χ4v) is 2.00. The number of carbonyl (C=O) groups is 1. The predicted octanol–water partition coefficient (Wildman–Crippen LogP) is 2.63. The van der Waals surface area contributed by atoms with Gasteiger partial charge in [0.05, 0.1) is 0 Å². The van der Waals surface area contributed by atoms with Crippen LogP contribution in [0.15, 0.2) is 48.5 Å². The Morgan fingerprint density at radius 2 is 1.83 bits per heavy atom. The highest BCUT2D eigenvalue weighted by atomic mass is 16.1. The van der Waals surface area contributed by atoms with E-state index in [2.05, 4.69) is 5.92 Å². The third-order valence-corrected chi connectivity index (χ3v) is 2.81. The molecule has 2 heteroatoms. The summed E-state index contributed by atoms with van der Waals surface area (Å²) < 4.78 is 0. The van der Waals surface area contributed by atoms with Gasteiger partial charge >= 0.3 is 0 Å². The lowest BCUT2D eigenvalue weighted by Gasteiger charge is -2.11. The summed E-state index contributed by atoms with van der Waals surface area (Å²) in [6.45, 7) is 0. The van der Waals surface area contributed by atoms with Crippen molar-refractivity contribution in [3.8, 4) is 23.5 Å². The lowest BCUT2D eigenvalue weighted by atomic mass is 9.93. The number of benzene rings is 2. The molecular formula is C16H13NO. The maximum absolute atomic E-state index is 11.4. The molecule has 2 rings (SSSR count). The second kappa shape index (κ2) is 5.20. The molecule has 0 bridgehead atoms. The molecule has 0 heterocycles. The summed E-state index contributed by atoms with van der Waals surface area (Å²) in [5, 5.41) is 0. The fraction of sp³-hybridized carbons (Fsp3) is 0.0625. The standard InChI is InChI=1S/C16H13NO/c1-2-7-14-13(12-8-4-3-5-9-12)10-6-11-15(14)16(17)18/h1,3-6,8-11H,7H2,(H2,17,18). The molecule has 2 aromatic rings. The Bertz CT molecular complexity index is 609. The molecule has 1 amide bonds. The third-order valence-electron chi connectivity index (χ3n) is 2.81. The van der Waals surface area contributed by atoms with E-state index in [1.54, 1.807) is 6.07 Å². The highest BCUT2D eigenvalue weighted by Crippen LogP contribution is 2.26. The lowest BCUT2D eigenvalue weighted by Crippen LogP contribution is -2.14. The minimum absolute atomic E-state index is 0.392. The zero-order chi connectivity index (χ0) is 13.0. The van der Waals surface area contributed by atoms with Crippen LogP contribution in [0.5, 0.6) is 0 Å². The molecule has 0 radical (unpaired) electrons. The van der Waals surface area contributed by atoms with Gasteiger partial charge in [0.15, 0.2) is 0 Å². The van der Waals surface area contributed by atoms with Crippen molar-refractivity contribution in [3.63, 3.8) is 0 Å². The van der Waals surface area contributed by atoms with Gasteiger partial charge in [0.1, 0.15) is 0 Å². The third kappa shape index (κ3) is 2.26. The second-order valence-electron chi connectivity index (χ2n) is 3.94. The Balaban J connectivity index is 2.65. The van der Waals surface area contributed by atoms with Crippen molar-refractivity contribution in [2.75, 3.05) is 0 Å². The van der Waals surface area contributed by atoms with Crippen LogP contribution >= 0.6 is 0 Å². The number of carbonyl (C=O) groups excluding carboxylic acids is 1. The summed E-state index contributed by atoms with van der Waals surface area (Å²) in [6, 6.07) is 15.3. The molecule has 0 spiro atoms. The smallest absolute Gasteiger partial charge is 0.249 e. The Morgan fingerprint density at radius 1 is 1.11 bits per heavy atom. The summed E-state index contributed by atoms with van der Waals surface area (Å²) in [4.78, 5) is 11.4. The van der Waals surface area contributed by atoms with Crippen LogP contribution in [0.2, 0.25) is 0 Å². The van der Waals surface area contributed by atoms with Gasteiger partial charge in [-0.1, -0.05) is 42.5 Å². The Hall–Kier alpha value is -2.53. The molecule has 0 atom stereocenters. The van der Waals surface area contributed by atoms with Crippen LogP contribution in [-0.4, -0.2) is 5.91 Å². The van der Waals surface area contributed by atoms with Crippen molar-refractivity contribution < 1.29 is 4.79 Å². The SMILES string of the molecule is C#CCc1c(C(N)=O)cccc1-c1ccccc1. The summed E-state index contributed by atoms with van der Waals surface area (Å²) in [6.07, 6.45) is 5.77. The minimum Gasteiger partial charge on any atom is -0.366 e. The van der Waals surface area contributed by atoms with Crippen molar-refractivity contribution >= 4 is 5.91 Å². The number of amides is 1. The number of terminal acetylenes is 1. The largest absolute Gasteiger partial charge is 0.366 e. The van der Waals surface area contributed by atoms with Gasteiger partial charge in [0.25, 0.3) is 0 Å². The first-order chi connectivity index (χ1) is 8.74. The van der Waals surface area contributed by atoms with Crippen molar-refractivity contribution in [1.82, 2.24) is 0 Å². The summed E-state index contributed by atoms with van der Waals surface area (Å²) in [7, 11) is 0. The number of hydrogen-bond acceptors (Lipinski definition) is 1. The minimum atomic E-state index is -0.446. The van der Waals surface area contributed by atoms with E-state index in [1.807, 2.05) is 42.5 Å². The number of hydrogen-bond donors (Lipinski definition) is 1. The van der Waals surface area contributed by atoms with Crippen molar-refractivity contribution in [3.05, 3.63) is 59.7 Å². The summed E-state index contributed by atoms with van der Waals surface area (Å²) >= 11 is 0. The fourth-order valence-electron chi connectivity index (χ4n) is 2.00. The van der Waals surface area contributed by atoms with Gasteiger partial charge in [-0.05, 0) is 22.8 Å². The number of primary amides is 1. The molecular weight excluding hydrogens is 222 g/mol. The quantitative estimate of drug-likeness (QED) is 0.816. The number of nitrogens with two attached hydrogens (primary N) is 1. The van der Waals surface area contributed by atoms with E-state index in [0.29, 0.717) is 12.0 Å². The molecule has 0 aliphatic carbocycles. The van der Waals surface area contributed by atoms with Gasteiger partial charge in [-0.2, -0.15) is 0 Å². The van der Waals surface area contributed by atoms with Crippen LogP contribution < -0.4 is 5.73 Å². The van der Waals surface area contributed by atoms with Crippen molar-refractivity contribution in [1.29, 1.82) is 0 Å². The molecule has 0 aromatic heterocycles. The van der Waals surface area contributed by atoms with E-state index in [1.165, 1.54) is 0 Å². The van der Waals surface area contributed by atoms with E-state index in [9.17, 15) is 4.79 Å². The maximum Gasteiger partial charge on any atom is 0.249 e. The Labute approximate surface area is 106 Å². The molecule has 2 nitrogen and oxygen atoms in total. The lowest BCUT2D eigenvalue weighted by molar-refractivity contribution is 0.0999. The number of rotatable bonds is 3. The van der Waals surface area contributed by atoms with Crippen LogP contribution in [0.4, 0.5) is 0 Å². The van der Waals surface area contributed by atoms with Gasteiger partial charge in [0, 0.05) is 12.0 Å². The van der Waals surface area contributed by atoms with Crippen LogP contribution in [-0.2, 0) is 6.42 Å².